The number of anilines is 1. The first-order valence-electron chi connectivity index (χ1n) is 12.7. The number of nitrogens with zero attached hydrogens (tertiary/aromatic N) is 1. The zero-order valence-corrected chi connectivity index (χ0v) is 20.6. The Kier molecular flexibility index (Phi) is 5.04. The maximum absolute atomic E-state index is 15.7. The molecule has 3 aliphatic rings. The van der Waals surface area contributed by atoms with Gasteiger partial charge in [0.2, 0.25) is 0 Å². The van der Waals surface area contributed by atoms with Gasteiger partial charge < -0.3 is 4.90 Å². The van der Waals surface area contributed by atoms with Gasteiger partial charge in [-0.05, 0) is 35.4 Å². The molecule has 2 aliphatic heterocycles. The van der Waals surface area contributed by atoms with Gasteiger partial charge in [-0.25, -0.2) is 8.78 Å². The van der Waals surface area contributed by atoms with Crippen molar-refractivity contribution in [2.24, 2.45) is 5.41 Å². The molecule has 1 saturated heterocycles. The van der Waals surface area contributed by atoms with Gasteiger partial charge in [0, 0.05) is 22.7 Å². The number of ketones is 3. The smallest absolute Gasteiger partial charge is 0.188 e. The summed E-state index contributed by atoms with van der Waals surface area (Å²) in [6.07, 6.45) is 3.59. The molecule has 190 valence electrons. The molecule has 0 amide bonds. The summed E-state index contributed by atoms with van der Waals surface area (Å²) < 4.78 is 30.8. The highest BCUT2D eigenvalue weighted by atomic mass is 19.1. The van der Waals surface area contributed by atoms with Crippen molar-refractivity contribution in [3.8, 4) is 0 Å². The largest absolute Gasteiger partial charge is 0.352 e. The van der Waals surface area contributed by atoms with Crippen LogP contribution in [-0.2, 0) is 0 Å². The highest BCUT2D eigenvalue weighted by Gasteiger charge is 2.72. The summed E-state index contributed by atoms with van der Waals surface area (Å²) in [7, 11) is 0. The number of halogens is 2. The molecule has 1 spiro atoms. The zero-order valence-electron chi connectivity index (χ0n) is 20.6. The monoisotopic (exact) mass is 517 g/mol. The maximum atomic E-state index is 15.7. The second-order valence-electron chi connectivity index (χ2n) is 10.1. The molecule has 1 aliphatic carbocycles. The molecule has 4 aromatic carbocycles. The lowest BCUT2D eigenvalue weighted by Crippen LogP contribution is -2.48. The van der Waals surface area contributed by atoms with Gasteiger partial charge in [0.1, 0.15) is 23.1 Å². The minimum absolute atomic E-state index is 0.0713. The molecule has 4 nitrogen and oxygen atoms in total. The normalized spacial score (nSPS) is 22.1. The van der Waals surface area contributed by atoms with Crippen molar-refractivity contribution in [1.82, 2.24) is 0 Å². The Hall–Kier alpha value is -4.71. The van der Waals surface area contributed by atoms with Gasteiger partial charge >= 0.3 is 0 Å². The molecule has 4 aromatic rings. The minimum Gasteiger partial charge on any atom is -0.352 e. The molecule has 2 heterocycles. The maximum Gasteiger partial charge on any atom is 0.188 e. The fourth-order valence-electron chi connectivity index (χ4n) is 6.81. The second-order valence-corrected chi connectivity index (χ2v) is 10.1. The van der Waals surface area contributed by atoms with Crippen molar-refractivity contribution >= 4 is 29.1 Å². The van der Waals surface area contributed by atoms with Crippen LogP contribution in [0.3, 0.4) is 0 Å². The third kappa shape index (κ3) is 3.00. The fraction of sp³-hybridized carbons (Fsp3) is 0.121. The van der Waals surface area contributed by atoms with Crippen LogP contribution in [0.5, 0.6) is 0 Å². The topological polar surface area (TPSA) is 54.5 Å². The van der Waals surface area contributed by atoms with E-state index in [1.54, 1.807) is 53.4 Å². The number of fused-ring (bicyclic) bond motifs is 5. The molecule has 39 heavy (non-hydrogen) atoms. The number of Topliss-reactive ketones (excluding diaryl/α,β-unsaturated/α-hetero) is 3. The summed E-state index contributed by atoms with van der Waals surface area (Å²) in [5, 5.41) is 0. The SMILES string of the molecule is O=C(c1ccccc1F)[C@@H]1[C@H](c2ccccc2F)C2(C(=O)c3ccccc3C2=O)[C@@H]2C=Cc3ccccc3N12. The Labute approximate surface area is 223 Å². The summed E-state index contributed by atoms with van der Waals surface area (Å²) in [5.41, 5.74) is -0.0509. The Bertz CT molecular complexity index is 1710. The third-order valence-electron chi connectivity index (χ3n) is 8.36. The minimum atomic E-state index is -1.83. The Morgan fingerprint density at radius 2 is 1.31 bits per heavy atom. The number of benzene rings is 4. The molecule has 6 heteroatoms. The Morgan fingerprint density at radius 3 is 2.00 bits per heavy atom. The van der Waals surface area contributed by atoms with E-state index in [0.29, 0.717) is 5.69 Å². The first-order chi connectivity index (χ1) is 19.0. The van der Waals surface area contributed by atoms with Gasteiger partial charge in [-0.15, -0.1) is 0 Å². The van der Waals surface area contributed by atoms with Crippen molar-refractivity contribution in [2.45, 2.75) is 18.0 Å². The number of carbonyl (C=O) groups excluding carboxylic acids is 3. The average molecular weight is 518 g/mol. The lowest BCUT2D eigenvalue weighted by Gasteiger charge is -2.37. The standard InChI is InChI=1S/C33H21F2NO3/c34-24-14-6-4-12-22(24)28-29(30(37)23-13-5-7-15-25(23)35)36-26-16-8-1-9-19(26)17-18-27(36)33(28)31(38)20-10-2-3-11-21(20)32(33)39/h1-18,27-29H/t27-,28-,29-/m0/s1. The van der Waals surface area contributed by atoms with Crippen LogP contribution in [0.25, 0.3) is 6.08 Å². The third-order valence-corrected chi connectivity index (χ3v) is 8.36. The number of hydrogen-bond acceptors (Lipinski definition) is 4. The van der Waals surface area contributed by atoms with Gasteiger partial charge in [-0.2, -0.15) is 0 Å². The summed E-state index contributed by atoms with van der Waals surface area (Å²) in [6, 6.07) is 23.3. The van der Waals surface area contributed by atoms with Crippen LogP contribution in [0, 0.1) is 17.0 Å². The van der Waals surface area contributed by atoms with E-state index in [2.05, 4.69) is 0 Å². The van der Waals surface area contributed by atoms with Gasteiger partial charge in [0.05, 0.1) is 11.6 Å². The van der Waals surface area contributed by atoms with E-state index in [4.69, 9.17) is 0 Å². The van der Waals surface area contributed by atoms with Gasteiger partial charge in [0.15, 0.2) is 17.3 Å². The van der Waals surface area contributed by atoms with E-state index < -0.39 is 52.4 Å². The molecular formula is C33H21F2NO3. The predicted molar refractivity (Wildman–Crippen MR) is 143 cm³/mol. The molecule has 0 aromatic heterocycles. The average Bonchev–Trinajstić information content (AvgIpc) is 3.39. The van der Waals surface area contributed by atoms with Crippen molar-refractivity contribution in [2.75, 3.05) is 4.90 Å². The van der Waals surface area contributed by atoms with Crippen molar-refractivity contribution < 1.29 is 23.2 Å². The first kappa shape index (κ1) is 23.4. The van der Waals surface area contributed by atoms with Crippen LogP contribution in [0.2, 0.25) is 0 Å². The van der Waals surface area contributed by atoms with Crippen molar-refractivity contribution in [1.29, 1.82) is 0 Å². The summed E-state index contributed by atoms with van der Waals surface area (Å²) in [5.74, 6) is -4.12. The van der Waals surface area contributed by atoms with E-state index >= 15 is 8.78 Å². The molecular weight excluding hydrogens is 496 g/mol. The molecule has 7 rings (SSSR count). The van der Waals surface area contributed by atoms with Gasteiger partial charge in [-0.1, -0.05) is 84.9 Å². The van der Waals surface area contributed by atoms with Gasteiger partial charge in [0.25, 0.3) is 0 Å². The predicted octanol–water partition coefficient (Wildman–Crippen LogP) is 6.28. The van der Waals surface area contributed by atoms with Crippen LogP contribution < -0.4 is 4.90 Å². The Balaban J connectivity index is 1.58. The number of para-hydroxylation sites is 1. The zero-order chi connectivity index (χ0) is 26.9. The fourth-order valence-corrected chi connectivity index (χ4v) is 6.81. The molecule has 3 atom stereocenters. The molecule has 0 unspecified atom stereocenters. The van der Waals surface area contributed by atoms with Crippen molar-refractivity contribution in [3.05, 3.63) is 143 Å². The van der Waals surface area contributed by atoms with E-state index in [0.717, 1.165) is 5.56 Å². The molecule has 0 N–H and O–H groups in total. The van der Waals surface area contributed by atoms with Crippen LogP contribution in [0.1, 0.15) is 48.1 Å². The van der Waals surface area contributed by atoms with Crippen LogP contribution in [0.4, 0.5) is 14.5 Å². The lowest BCUT2D eigenvalue weighted by atomic mass is 9.64. The number of carbonyl (C=O) groups is 3. The van der Waals surface area contributed by atoms with Crippen LogP contribution in [-0.4, -0.2) is 29.4 Å². The Morgan fingerprint density at radius 1 is 0.718 bits per heavy atom. The molecule has 0 saturated carbocycles. The quantitative estimate of drug-likeness (QED) is 0.237. The van der Waals surface area contributed by atoms with Gasteiger partial charge in [-0.3, -0.25) is 14.4 Å². The van der Waals surface area contributed by atoms with E-state index in [-0.39, 0.29) is 22.3 Å². The first-order valence-corrected chi connectivity index (χ1v) is 12.7. The summed E-state index contributed by atoms with van der Waals surface area (Å²) >= 11 is 0. The highest BCUT2D eigenvalue weighted by Crippen LogP contribution is 2.61. The number of rotatable bonds is 3. The summed E-state index contributed by atoms with van der Waals surface area (Å²) in [6.45, 7) is 0. The van der Waals surface area contributed by atoms with E-state index in [9.17, 15) is 14.4 Å². The lowest BCUT2D eigenvalue weighted by molar-refractivity contribution is 0.0664. The summed E-state index contributed by atoms with van der Waals surface area (Å²) in [4.78, 5) is 45.1. The van der Waals surface area contributed by atoms with E-state index in [1.807, 2.05) is 24.3 Å². The number of hydrogen-bond donors (Lipinski definition) is 0. The second kappa shape index (κ2) is 8.40. The highest BCUT2D eigenvalue weighted by molar-refractivity contribution is 6.32. The van der Waals surface area contributed by atoms with Crippen LogP contribution in [0.15, 0.2) is 103 Å². The molecule has 0 bridgehead atoms. The van der Waals surface area contributed by atoms with E-state index in [1.165, 1.54) is 36.4 Å². The molecule has 0 radical (unpaired) electrons. The van der Waals surface area contributed by atoms with Crippen molar-refractivity contribution in [3.63, 3.8) is 0 Å². The van der Waals surface area contributed by atoms with Crippen LogP contribution >= 0.6 is 0 Å². The molecule has 1 fully saturated rings.